The van der Waals surface area contributed by atoms with E-state index in [0.717, 1.165) is 6.07 Å². The molecule has 0 aromatic heterocycles. The summed E-state index contributed by atoms with van der Waals surface area (Å²) in [4.78, 5) is 22.1. The Labute approximate surface area is 114 Å². The molecule has 4 nitrogen and oxygen atoms in total. The first-order valence-electron chi connectivity index (χ1n) is 5.03. The maximum Gasteiger partial charge on any atom is 0.417 e. The summed E-state index contributed by atoms with van der Waals surface area (Å²) in [6.45, 7) is 1.21. The van der Waals surface area contributed by atoms with E-state index >= 15 is 0 Å². The number of carbonyl (C=O) groups is 2. The highest BCUT2D eigenvalue weighted by atomic mass is 79.9. The minimum atomic E-state index is -4.60. The largest absolute Gasteiger partial charge is 0.480 e. The van der Waals surface area contributed by atoms with Crippen molar-refractivity contribution >= 4 is 27.8 Å². The van der Waals surface area contributed by atoms with Crippen LogP contribution in [-0.4, -0.2) is 23.0 Å². The molecule has 0 heterocycles. The second-order valence-corrected chi connectivity index (χ2v) is 4.58. The number of carboxylic acid groups (broad SMARTS) is 1. The van der Waals surface area contributed by atoms with Gasteiger partial charge in [-0.05, 0) is 25.1 Å². The minimum Gasteiger partial charge on any atom is -0.480 e. The summed E-state index contributed by atoms with van der Waals surface area (Å²) in [5.74, 6) is -2.16. The van der Waals surface area contributed by atoms with Crippen LogP contribution in [0, 0.1) is 0 Å². The average molecular weight is 340 g/mol. The molecular formula is C11H9BrF3NO3. The van der Waals surface area contributed by atoms with Gasteiger partial charge in [0.25, 0.3) is 5.91 Å². The molecular weight excluding hydrogens is 331 g/mol. The second kappa shape index (κ2) is 5.60. The number of amides is 1. The summed E-state index contributed by atoms with van der Waals surface area (Å²) in [6, 6.07) is 1.73. The van der Waals surface area contributed by atoms with E-state index in [4.69, 9.17) is 5.11 Å². The van der Waals surface area contributed by atoms with Crippen molar-refractivity contribution in [2.45, 2.75) is 19.1 Å². The minimum absolute atomic E-state index is 0.192. The van der Waals surface area contributed by atoms with Crippen molar-refractivity contribution in [1.29, 1.82) is 0 Å². The lowest BCUT2D eigenvalue weighted by Crippen LogP contribution is -2.38. The summed E-state index contributed by atoms with van der Waals surface area (Å²) in [5.41, 5.74) is -1.26. The third kappa shape index (κ3) is 3.95. The van der Waals surface area contributed by atoms with E-state index in [-0.39, 0.29) is 10.0 Å². The topological polar surface area (TPSA) is 66.4 Å². The molecule has 19 heavy (non-hydrogen) atoms. The number of aliphatic carboxylic acids is 1. The number of carboxylic acids is 1. The van der Waals surface area contributed by atoms with Crippen molar-refractivity contribution in [1.82, 2.24) is 5.32 Å². The van der Waals surface area contributed by atoms with E-state index < -0.39 is 29.7 Å². The SMILES string of the molecule is CC(NC(=O)c1ccc(Br)c(C(F)(F)F)c1)C(=O)O. The number of carbonyl (C=O) groups excluding carboxylic acids is 1. The van der Waals surface area contributed by atoms with Gasteiger partial charge in [0, 0.05) is 10.0 Å². The number of alkyl halides is 3. The molecule has 0 radical (unpaired) electrons. The monoisotopic (exact) mass is 339 g/mol. The van der Waals surface area contributed by atoms with Crippen LogP contribution in [0.2, 0.25) is 0 Å². The van der Waals surface area contributed by atoms with Crippen molar-refractivity contribution in [3.05, 3.63) is 33.8 Å². The molecule has 0 aliphatic heterocycles. The van der Waals surface area contributed by atoms with Crippen molar-refractivity contribution in [2.75, 3.05) is 0 Å². The summed E-state index contributed by atoms with van der Waals surface area (Å²) >= 11 is 2.74. The lowest BCUT2D eigenvalue weighted by Gasteiger charge is -2.12. The number of benzene rings is 1. The van der Waals surface area contributed by atoms with Gasteiger partial charge in [0.1, 0.15) is 6.04 Å². The number of halogens is 4. The lowest BCUT2D eigenvalue weighted by atomic mass is 10.1. The predicted molar refractivity (Wildman–Crippen MR) is 63.7 cm³/mol. The van der Waals surface area contributed by atoms with Gasteiger partial charge in [0.15, 0.2) is 0 Å². The Morgan fingerprint density at radius 1 is 1.37 bits per heavy atom. The van der Waals surface area contributed by atoms with Gasteiger partial charge in [0.2, 0.25) is 0 Å². The first-order valence-corrected chi connectivity index (χ1v) is 5.82. The number of hydrogen-bond donors (Lipinski definition) is 2. The molecule has 1 aromatic rings. The highest BCUT2D eigenvalue weighted by molar-refractivity contribution is 9.10. The number of hydrogen-bond acceptors (Lipinski definition) is 2. The molecule has 1 unspecified atom stereocenters. The molecule has 2 N–H and O–H groups in total. The van der Waals surface area contributed by atoms with E-state index in [1.165, 1.54) is 13.0 Å². The van der Waals surface area contributed by atoms with Crippen molar-refractivity contribution in [3.63, 3.8) is 0 Å². The van der Waals surface area contributed by atoms with Crippen LogP contribution < -0.4 is 5.32 Å². The van der Waals surface area contributed by atoms with E-state index in [2.05, 4.69) is 21.2 Å². The van der Waals surface area contributed by atoms with Gasteiger partial charge in [-0.1, -0.05) is 15.9 Å². The first kappa shape index (κ1) is 15.5. The highest BCUT2D eigenvalue weighted by Crippen LogP contribution is 2.35. The molecule has 1 amide bonds. The molecule has 1 aromatic carbocycles. The first-order chi connectivity index (χ1) is 8.62. The number of nitrogens with one attached hydrogen (secondary N) is 1. The van der Waals surface area contributed by atoms with Crippen molar-refractivity contribution in [3.8, 4) is 0 Å². The van der Waals surface area contributed by atoms with Crippen LogP contribution in [-0.2, 0) is 11.0 Å². The zero-order valence-electron chi connectivity index (χ0n) is 9.58. The maximum absolute atomic E-state index is 12.6. The molecule has 0 saturated heterocycles. The molecule has 1 rings (SSSR count). The van der Waals surface area contributed by atoms with Crippen molar-refractivity contribution < 1.29 is 27.9 Å². The smallest absolute Gasteiger partial charge is 0.417 e. The molecule has 0 bridgehead atoms. The fourth-order valence-corrected chi connectivity index (χ4v) is 1.70. The summed E-state index contributed by atoms with van der Waals surface area (Å²) in [6.07, 6.45) is -4.60. The van der Waals surface area contributed by atoms with E-state index in [1.54, 1.807) is 0 Å². The van der Waals surface area contributed by atoms with Crippen LogP contribution in [0.25, 0.3) is 0 Å². The van der Waals surface area contributed by atoms with Crippen LogP contribution in [0.5, 0.6) is 0 Å². The molecule has 0 saturated carbocycles. The van der Waals surface area contributed by atoms with Gasteiger partial charge in [-0.25, -0.2) is 0 Å². The molecule has 8 heteroatoms. The van der Waals surface area contributed by atoms with Gasteiger partial charge >= 0.3 is 12.1 Å². The Bertz CT molecular complexity index is 516. The third-order valence-corrected chi connectivity index (χ3v) is 2.94. The summed E-state index contributed by atoms with van der Waals surface area (Å²) in [5, 5.41) is 10.7. The van der Waals surface area contributed by atoms with Gasteiger partial charge in [-0.15, -0.1) is 0 Å². The Balaban J connectivity index is 3.03. The van der Waals surface area contributed by atoms with Gasteiger partial charge < -0.3 is 10.4 Å². The quantitative estimate of drug-likeness (QED) is 0.889. The maximum atomic E-state index is 12.6. The Morgan fingerprint density at radius 3 is 2.42 bits per heavy atom. The van der Waals surface area contributed by atoms with Crippen LogP contribution in [0.3, 0.4) is 0 Å². The van der Waals surface area contributed by atoms with Gasteiger partial charge in [0.05, 0.1) is 5.56 Å². The molecule has 0 fully saturated rings. The number of rotatable bonds is 3. The summed E-state index contributed by atoms with van der Waals surface area (Å²) in [7, 11) is 0. The fraction of sp³-hybridized carbons (Fsp3) is 0.273. The van der Waals surface area contributed by atoms with Crippen LogP contribution >= 0.6 is 15.9 Å². The molecule has 0 spiro atoms. The van der Waals surface area contributed by atoms with E-state index in [1.807, 2.05) is 0 Å². The van der Waals surface area contributed by atoms with E-state index in [0.29, 0.717) is 6.07 Å². The average Bonchev–Trinajstić information content (AvgIpc) is 2.27. The Morgan fingerprint density at radius 2 is 1.95 bits per heavy atom. The lowest BCUT2D eigenvalue weighted by molar-refractivity contribution is -0.139. The molecule has 104 valence electrons. The van der Waals surface area contributed by atoms with Gasteiger partial charge in [-0.3, -0.25) is 9.59 Å². The highest BCUT2D eigenvalue weighted by Gasteiger charge is 2.33. The predicted octanol–water partition coefficient (Wildman–Crippen LogP) is 2.67. The van der Waals surface area contributed by atoms with Gasteiger partial charge in [-0.2, -0.15) is 13.2 Å². The Kier molecular flexibility index (Phi) is 4.56. The molecule has 0 aliphatic carbocycles. The zero-order valence-corrected chi connectivity index (χ0v) is 11.2. The van der Waals surface area contributed by atoms with Crippen LogP contribution in [0.15, 0.2) is 22.7 Å². The normalized spacial score (nSPS) is 12.9. The summed E-state index contributed by atoms with van der Waals surface area (Å²) < 4.78 is 37.7. The standard InChI is InChI=1S/C11H9BrF3NO3/c1-5(10(18)19)16-9(17)6-2-3-8(12)7(4-6)11(13,14)15/h2-5H,1H3,(H,16,17)(H,18,19). The zero-order chi connectivity index (χ0) is 14.8. The van der Waals surface area contributed by atoms with Crippen LogP contribution in [0.4, 0.5) is 13.2 Å². The molecule has 0 aliphatic rings. The fourth-order valence-electron chi connectivity index (χ4n) is 1.23. The molecule has 1 atom stereocenters. The van der Waals surface area contributed by atoms with E-state index in [9.17, 15) is 22.8 Å². The van der Waals surface area contributed by atoms with Crippen molar-refractivity contribution in [2.24, 2.45) is 0 Å². The third-order valence-electron chi connectivity index (χ3n) is 2.25. The van der Waals surface area contributed by atoms with Crippen LogP contribution in [0.1, 0.15) is 22.8 Å². The second-order valence-electron chi connectivity index (χ2n) is 3.73. The Hall–Kier alpha value is -1.57.